The van der Waals surface area contributed by atoms with Gasteiger partial charge in [-0.2, -0.15) is 0 Å². The summed E-state index contributed by atoms with van der Waals surface area (Å²) < 4.78 is 30.2. The van der Waals surface area contributed by atoms with E-state index in [1.807, 2.05) is 13.8 Å². The lowest BCUT2D eigenvalue weighted by Gasteiger charge is -2.30. The van der Waals surface area contributed by atoms with Crippen molar-refractivity contribution in [3.05, 3.63) is 34.7 Å². The Kier molecular flexibility index (Phi) is 11.1. The Labute approximate surface area is 219 Å². The van der Waals surface area contributed by atoms with E-state index in [2.05, 4.69) is 34.5 Å². The Balaban J connectivity index is 0.000000208. The van der Waals surface area contributed by atoms with E-state index in [1.165, 1.54) is 51.4 Å². The Morgan fingerprint density at radius 1 is 0.829 bits per heavy atom. The molecule has 1 N–H and O–H groups in total. The number of aliphatic hydroxyl groups is 1. The van der Waals surface area contributed by atoms with Crippen molar-refractivity contribution in [2.24, 2.45) is 0 Å². The predicted octanol–water partition coefficient (Wildman–Crippen LogP) is 6.83. The van der Waals surface area contributed by atoms with E-state index in [9.17, 15) is 8.42 Å². The molecular weight excluding hydrogens is 511 g/mol. The molecule has 0 saturated heterocycles. The van der Waals surface area contributed by atoms with Gasteiger partial charge in [0.25, 0.3) is 0 Å². The van der Waals surface area contributed by atoms with Gasteiger partial charge in [-0.1, -0.05) is 52.4 Å². The Hall–Kier alpha value is -1.09. The van der Waals surface area contributed by atoms with E-state index in [0.29, 0.717) is 11.6 Å². The molecule has 0 atom stereocenters. The maximum Gasteiger partial charge on any atom is 0.229 e. The number of halogens is 2. The number of hydrogen-bond donors (Lipinski definition) is 1. The van der Waals surface area contributed by atoms with Gasteiger partial charge in [0.15, 0.2) is 5.76 Å². The minimum absolute atomic E-state index is 0.0467. The van der Waals surface area contributed by atoms with Crippen LogP contribution in [0, 0.1) is 13.8 Å². The first kappa shape index (κ1) is 30.1. The summed E-state index contributed by atoms with van der Waals surface area (Å²) in [6.45, 7) is 8.30. The maximum atomic E-state index is 9.40. The third-order valence-corrected chi connectivity index (χ3v) is 7.24. The molecule has 4 rings (SSSR count). The molecular formula is C25H40Cl2N2O5S. The summed E-state index contributed by atoms with van der Waals surface area (Å²) in [5.41, 5.74) is 2.02. The molecule has 2 aliphatic carbocycles. The SMILES string of the molecule is CS(=O)(=O)Cl.Cc1nc(C2(C)CCCCC2)oc1CCl.Cc1nc(C2(C)CCCCC2)oc1CO. The van der Waals surface area contributed by atoms with Crippen molar-refractivity contribution < 1.29 is 22.4 Å². The quantitative estimate of drug-likeness (QED) is 0.328. The first-order valence-electron chi connectivity index (χ1n) is 12.3. The fourth-order valence-electron chi connectivity index (χ4n) is 4.74. The number of rotatable bonds is 4. The second-order valence-electron chi connectivity index (χ2n) is 10.3. The molecule has 2 aromatic heterocycles. The third-order valence-electron chi connectivity index (χ3n) is 7.00. The predicted molar refractivity (Wildman–Crippen MR) is 140 cm³/mol. The molecule has 0 aromatic carbocycles. The van der Waals surface area contributed by atoms with Gasteiger partial charge in [0, 0.05) is 21.5 Å². The van der Waals surface area contributed by atoms with Crippen LogP contribution in [0.25, 0.3) is 0 Å². The smallest absolute Gasteiger partial charge is 0.229 e. The summed E-state index contributed by atoms with van der Waals surface area (Å²) in [5.74, 6) is 3.60. The minimum atomic E-state index is -3.19. The highest BCUT2D eigenvalue weighted by Crippen LogP contribution is 2.40. The Morgan fingerprint density at radius 3 is 1.46 bits per heavy atom. The zero-order chi connectivity index (χ0) is 26.3. The van der Waals surface area contributed by atoms with Crippen LogP contribution in [0.1, 0.15) is 113 Å². The molecule has 2 aliphatic rings. The molecule has 0 radical (unpaired) electrons. The number of aliphatic hydroxyl groups excluding tert-OH is 1. The third kappa shape index (κ3) is 9.06. The van der Waals surface area contributed by atoms with Crippen molar-refractivity contribution in [2.75, 3.05) is 6.26 Å². The van der Waals surface area contributed by atoms with E-state index in [0.717, 1.165) is 48.0 Å². The fourth-order valence-corrected chi connectivity index (χ4v) is 4.98. The second kappa shape index (κ2) is 12.9. The molecule has 0 amide bonds. The molecule has 2 heterocycles. The van der Waals surface area contributed by atoms with E-state index in [4.69, 9.17) is 25.5 Å². The largest absolute Gasteiger partial charge is 0.444 e. The lowest BCUT2D eigenvalue weighted by Crippen LogP contribution is -2.25. The van der Waals surface area contributed by atoms with Gasteiger partial charge in [0.1, 0.15) is 12.4 Å². The van der Waals surface area contributed by atoms with E-state index < -0.39 is 9.05 Å². The molecule has 200 valence electrons. The summed E-state index contributed by atoms with van der Waals surface area (Å²) in [6.07, 6.45) is 13.4. The highest BCUT2D eigenvalue weighted by atomic mass is 35.7. The number of alkyl halides is 1. The molecule has 0 aliphatic heterocycles. The highest BCUT2D eigenvalue weighted by molar-refractivity contribution is 8.13. The molecule has 0 unspecified atom stereocenters. The fraction of sp³-hybridized carbons (Fsp3) is 0.760. The minimum Gasteiger partial charge on any atom is -0.444 e. The number of oxazole rings is 2. The van der Waals surface area contributed by atoms with Crippen molar-refractivity contribution in [1.29, 1.82) is 0 Å². The number of nitrogens with zero attached hydrogens (tertiary/aromatic N) is 2. The molecule has 10 heteroatoms. The Bertz CT molecular complexity index is 960. The molecule has 35 heavy (non-hydrogen) atoms. The number of aryl methyl sites for hydroxylation is 2. The van der Waals surface area contributed by atoms with Gasteiger partial charge in [-0.3, -0.25) is 0 Å². The van der Waals surface area contributed by atoms with Gasteiger partial charge >= 0.3 is 0 Å². The Morgan fingerprint density at radius 2 is 1.17 bits per heavy atom. The van der Waals surface area contributed by atoms with Crippen LogP contribution in [-0.4, -0.2) is 29.7 Å². The molecule has 2 saturated carbocycles. The summed E-state index contributed by atoms with van der Waals surface area (Å²) in [7, 11) is 1.31. The van der Waals surface area contributed by atoms with E-state index in [-0.39, 0.29) is 17.4 Å². The lowest BCUT2D eigenvalue weighted by molar-refractivity contribution is 0.214. The molecule has 0 spiro atoms. The maximum absolute atomic E-state index is 9.40. The average Bonchev–Trinajstić information content (AvgIpc) is 3.37. The zero-order valence-corrected chi connectivity index (χ0v) is 24.0. The monoisotopic (exact) mass is 550 g/mol. The van der Waals surface area contributed by atoms with E-state index in [1.54, 1.807) is 0 Å². The van der Waals surface area contributed by atoms with Crippen molar-refractivity contribution in [3.8, 4) is 0 Å². The molecule has 7 nitrogen and oxygen atoms in total. The van der Waals surface area contributed by atoms with Crippen molar-refractivity contribution in [1.82, 2.24) is 9.97 Å². The number of aromatic nitrogens is 2. The van der Waals surface area contributed by atoms with Gasteiger partial charge < -0.3 is 13.9 Å². The second-order valence-corrected chi connectivity index (χ2v) is 13.6. The van der Waals surface area contributed by atoms with Crippen molar-refractivity contribution >= 4 is 31.3 Å². The van der Waals surface area contributed by atoms with Gasteiger partial charge in [-0.15, -0.1) is 11.6 Å². The average molecular weight is 552 g/mol. The van der Waals surface area contributed by atoms with Gasteiger partial charge in [0.2, 0.25) is 20.8 Å². The van der Waals surface area contributed by atoms with Crippen molar-refractivity contribution in [2.45, 2.75) is 115 Å². The van der Waals surface area contributed by atoms with Gasteiger partial charge in [-0.25, -0.2) is 18.4 Å². The van der Waals surface area contributed by atoms with Crippen LogP contribution >= 0.6 is 22.3 Å². The van der Waals surface area contributed by atoms with Crippen LogP contribution in [0.4, 0.5) is 0 Å². The van der Waals surface area contributed by atoms with Crippen LogP contribution in [0.2, 0.25) is 0 Å². The summed E-state index contributed by atoms with van der Waals surface area (Å²) >= 11 is 5.80. The molecule has 0 bridgehead atoms. The van der Waals surface area contributed by atoms with Crippen LogP contribution in [0.5, 0.6) is 0 Å². The summed E-state index contributed by atoms with van der Waals surface area (Å²) in [4.78, 5) is 8.98. The normalized spacial score (nSPS) is 19.2. The number of hydrogen-bond acceptors (Lipinski definition) is 7. The first-order valence-corrected chi connectivity index (χ1v) is 15.6. The van der Waals surface area contributed by atoms with Crippen LogP contribution in [-0.2, 0) is 32.4 Å². The van der Waals surface area contributed by atoms with Crippen LogP contribution < -0.4 is 0 Å². The van der Waals surface area contributed by atoms with Crippen LogP contribution in [0.15, 0.2) is 8.83 Å². The standard InChI is InChI=1S/C12H18ClNO.C12H19NO2.CH3ClO2S/c1-9-10(8-13)15-11(14-9)12(2)6-4-3-5-7-12;1-9-10(8-14)15-11(13-9)12(2)6-4-3-5-7-12;1-5(2,3)4/h3-8H2,1-2H3;14H,3-8H2,1-2H3;1H3. The first-order chi connectivity index (χ1) is 16.3. The van der Waals surface area contributed by atoms with Crippen LogP contribution in [0.3, 0.4) is 0 Å². The summed E-state index contributed by atoms with van der Waals surface area (Å²) in [6, 6.07) is 0. The lowest BCUT2D eigenvalue weighted by atomic mass is 9.75. The zero-order valence-electron chi connectivity index (χ0n) is 21.6. The molecule has 2 fully saturated rings. The summed E-state index contributed by atoms with van der Waals surface area (Å²) in [5, 5.41) is 9.08. The highest BCUT2D eigenvalue weighted by Gasteiger charge is 2.35. The van der Waals surface area contributed by atoms with E-state index >= 15 is 0 Å². The van der Waals surface area contributed by atoms with Gasteiger partial charge in [0.05, 0.1) is 23.5 Å². The molecule has 2 aromatic rings. The van der Waals surface area contributed by atoms with Crippen molar-refractivity contribution in [3.63, 3.8) is 0 Å². The van der Waals surface area contributed by atoms with Gasteiger partial charge in [-0.05, 0) is 39.5 Å². The topological polar surface area (TPSA) is 106 Å².